The minimum Gasteiger partial charge on any atom is -0.357 e. The Morgan fingerprint density at radius 2 is 2.11 bits per heavy atom. The zero-order valence-corrected chi connectivity index (χ0v) is 16.3. The van der Waals surface area contributed by atoms with Crippen molar-refractivity contribution in [1.29, 1.82) is 5.26 Å². The third-order valence-corrected chi connectivity index (χ3v) is 5.25. The van der Waals surface area contributed by atoms with Crippen molar-refractivity contribution >= 4 is 11.7 Å². The first-order valence-electron chi connectivity index (χ1n) is 9.58. The lowest BCUT2D eigenvalue weighted by atomic mass is 9.99. The lowest BCUT2D eigenvalue weighted by molar-refractivity contribution is -0.121. The van der Waals surface area contributed by atoms with Crippen LogP contribution in [0, 0.1) is 25.2 Å². The molecule has 0 aromatic carbocycles. The van der Waals surface area contributed by atoms with E-state index in [1.807, 2.05) is 18.2 Å². The number of aromatic amines is 1. The van der Waals surface area contributed by atoms with Gasteiger partial charge in [0.05, 0.1) is 0 Å². The van der Waals surface area contributed by atoms with E-state index in [4.69, 9.17) is 5.26 Å². The number of anilines is 1. The SMILES string of the molecule is Cc1[nH]c(=O)c(C#N)c(C)c1CCC(=O)NCc1ccnc(N2CCCC2)c1. The van der Waals surface area contributed by atoms with Gasteiger partial charge in [-0.05, 0) is 61.9 Å². The molecular weight excluding hydrogens is 354 g/mol. The average Bonchev–Trinajstić information content (AvgIpc) is 3.21. The van der Waals surface area contributed by atoms with Gasteiger partial charge in [-0.3, -0.25) is 9.59 Å². The highest BCUT2D eigenvalue weighted by molar-refractivity contribution is 5.76. The molecule has 7 nitrogen and oxygen atoms in total. The van der Waals surface area contributed by atoms with Crippen LogP contribution in [0.1, 0.15) is 47.2 Å². The molecule has 0 atom stereocenters. The molecule has 0 saturated carbocycles. The Labute approximate surface area is 164 Å². The summed E-state index contributed by atoms with van der Waals surface area (Å²) >= 11 is 0. The number of hydrogen-bond donors (Lipinski definition) is 2. The Morgan fingerprint density at radius 1 is 1.36 bits per heavy atom. The number of carbonyl (C=O) groups excluding carboxylic acids is 1. The fraction of sp³-hybridized carbons (Fsp3) is 0.429. The van der Waals surface area contributed by atoms with Gasteiger partial charge in [0, 0.05) is 37.9 Å². The summed E-state index contributed by atoms with van der Waals surface area (Å²) in [5.74, 6) is 0.899. The van der Waals surface area contributed by atoms with Gasteiger partial charge in [-0.1, -0.05) is 0 Å². The van der Waals surface area contributed by atoms with Crippen molar-refractivity contribution in [1.82, 2.24) is 15.3 Å². The summed E-state index contributed by atoms with van der Waals surface area (Å²) < 4.78 is 0. The van der Waals surface area contributed by atoms with Crippen LogP contribution in [0.5, 0.6) is 0 Å². The van der Waals surface area contributed by atoms with E-state index < -0.39 is 0 Å². The van der Waals surface area contributed by atoms with Gasteiger partial charge in [-0.15, -0.1) is 0 Å². The molecule has 2 aromatic heterocycles. The van der Waals surface area contributed by atoms with Crippen LogP contribution in [0.25, 0.3) is 0 Å². The van der Waals surface area contributed by atoms with Crippen molar-refractivity contribution in [2.45, 2.75) is 46.1 Å². The van der Waals surface area contributed by atoms with Crippen LogP contribution in [0.3, 0.4) is 0 Å². The van der Waals surface area contributed by atoms with Crippen molar-refractivity contribution in [3.63, 3.8) is 0 Å². The lowest BCUT2D eigenvalue weighted by Gasteiger charge is -2.17. The molecule has 3 rings (SSSR count). The predicted octanol–water partition coefficient (Wildman–Crippen LogP) is 2.11. The van der Waals surface area contributed by atoms with Crippen molar-refractivity contribution in [3.05, 3.63) is 56.6 Å². The normalized spacial score (nSPS) is 13.4. The van der Waals surface area contributed by atoms with Gasteiger partial charge in [0.2, 0.25) is 5.91 Å². The van der Waals surface area contributed by atoms with Crippen LogP contribution in [0.4, 0.5) is 5.82 Å². The summed E-state index contributed by atoms with van der Waals surface area (Å²) in [5.41, 5.74) is 2.98. The smallest absolute Gasteiger partial charge is 0.266 e. The van der Waals surface area contributed by atoms with E-state index in [1.54, 1.807) is 20.0 Å². The Bertz CT molecular complexity index is 968. The molecule has 7 heteroatoms. The number of pyridine rings is 2. The van der Waals surface area contributed by atoms with E-state index in [2.05, 4.69) is 20.2 Å². The molecule has 0 spiro atoms. The number of nitrogens with one attached hydrogen (secondary N) is 2. The van der Waals surface area contributed by atoms with E-state index in [0.29, 0.717) is 30.6 Å². The Morgan fingerprint density at radius 3 is 2.82 bits per heavy atom. The van der Waals surface area contributed by atoms with Crippen LogP contribution >= 0.6 is 0 Å². The van der Waals surface area contributed by atoms with Crippen LogP contribution in [-0.4, -0.2) is 29.0 Å². The first-order valence-corrected chi connectivity index (χ1v) is 9.58. The number of nitrogens with zero attached hydrogens (tertiary/aromatic N) is 3. The van der Waals surface area contributed by atoms with Gasteiger partial charge in [0.25, 0.3) is 5.56 Å². The highest BCUT2D eigenvalue weighted by Gasteiger charge is 2.15. The number of amides is 1. The maximum absolute atomic E-state index is 12.3. The van der Waals surface area contributed by atoms with E-state index in [1.165, 1.54) is 12.8 Å². The second-order valence-electron chi connectivity index (χ2n) is 7.16. The van der Waals surface area contributed by atoms with Gasteiger partial charge in [-0.25, -0.2) is 4.98 Å². The monoisotopic (exact) mass is 379 g/mol. The van der Waals surface area contributed by atoms with E-state index in [9.17, 15) is 9.59 Å². The van der Waals surface area contributed by atoms with Crippen LogP contribution in [0.2, 0.25) is 0 Å². The van der Waals surface area contributed by atoms with Crippen molar-refractivity contribution in [2.75, 3.05) is 18.0 Å². The Kier molecular flexibility index (Phi) is 6.09. The number of aryl methyl sites for hydroxylation is 1. The summed E-state index contributed by atoms with van der Waals surface area (Å²) in [4.78, 5) is 33.5. The Balaban J connectivity index is 1.58. The fourth-order valence-electron chi connectivity index (χ4n) is 3.64. The molecule has 1 saturated heterocycles. The molecule has 2 N–H and O–H groups in total. The summed E-state index contributed by atoms with van der Waals surface area (Å²) in [6, 6.07) is 5.88. The number of hydrogen-bond acceptors (Lipinski definition) is 5. The molecule has 28 heavy (non-hydrogen) atoms. The van der Waals surface area contributed by atoms with Gasteiger partial charge >= 0.3 is 0 Å². The van der Waals surface area contributed by atoms with Gasteiger partial charge in [0.1, 0.15) is 17.5 Å². The molecule has 146 valence electrons. The summed E-state index contributed by atoms with van der Waals surface area (Å²) in [5, 5.41) is 12.1. The fourth-order valence-corrected chi connectivity index (χ4v) is 3.64. The molecule has 0 aliphatic carbocycles. The molecule has 1 aliphatic heterocycles. The zero-order valence-electron chi connectivity index (χ0n) is 16.3. The highest BCUT2D eigenvalue weighted by Crippen LogP contribution is 2.18. The molecule has 0 bridgehead atoms. The highest BCUT2D eigenvalue weighted by atomic mass is 16.1. The van der Waals surface area contributed by atoms with E-state index in [-0.39, 0.29) is 17.0 Å². The lowest BCUT2D eigenvalue weighted by Crippen LogP contribution is -2.24. The number of H-pyrrole nitrogens is 1. The maximum Gasteiger partial charge on any atom is 0.266 e. The second-order valence-corrected chi connectivity index (χ2v) is 7.16. The number of nitriles is 1. The minimum atomic E-state index is -0.378. The average molecular weight is 379 g/mol. The number of aromatic nitrogens is 2. The van der Waals surface area contributed by atoms with Crippen molar-refractivity contribution in [2.24, 2.45) is 0 Å². The summed E-state index contributed by atoms with van der Waals surface area (Å²) in [6.07, 6.45) is 4.94. The predicted molar refractivity (Wildman–Crippen MR) is 107 cm³/mol. The molecule has 3 heterocycles. The van der Waals surface area contributed by atoms with Gasteiger partial charge < -0.3 is 15.2 Å². The molecule has 2 aromatic rings. The third kappa shape index (κ3) is 4.39. The molecule has 1 amide bonds. The minimum absolute atomic E-state index is 0.0666. The summed E-state index contributed by atoms with van der Waals surface area (Å²) in [7, 11) is 0. The zero-order chi connectivity index (χ0) is 20.1. The first-order chi connectivity index (χ1) is 13.5. The van der Waals surface area contributed by atoms with Crippen LogP contribution < -0.4 is 15.8 Å². The Hall–Kier alpha value is -3.14. The van der Waals surface area contributed by atoms with E-state index in [0.717, 1.165) is 30.0 Å². The third-order valence-electron chi connectivity index (χ3n) is 5.25. The quantitative estimate of drug-likeness (QED) is 0.800. The summed E-state index contributed by atoms with van der Waals surface area (Å²) in [6.45, 7) is 6.07. The molecule has 0 unspecified atom stereocenters. The van der Waals surface area contributed by atoms with E-state index >= 15 is 0 Å². The van der Waals surface area contributed by atoms with Gasteiger partial charge in [-0.2, -0.15) is 5.26 Å². The molecular formula is C21H25N5O2. The van der Waals surface area contributed by atoms with Crippen molar-refractivity contribution in [3.8, 4) is 6.07 Å². The molecule has 0 radical (unpaired) electrons. The topological polar surface area (TPSA) is 102 Å². The first kappa shape index (κ1) is 19.6. The molecule has 1 fully saturated rings. The number of rotatable bonds is 6. The largest absolute Gasteiger partial charge is 0.357 e. The number of carbonyl (C=O) groups is 1. The van der Waals surface area contributed by atoms with Crippen molar-refractivity contribution < 1.29 is 4.79 Å². The van der Waals surface area contributed by atoms with Crippen LogP contribution in [-0.2, 0) is 17.8 Å². The van der Waals surface area contributed by atoms with Crippen LogP contribution in [0.15, 0.2) is 23.1 Å². The molecule has 1 aliphatic rings. The standard InChI is InChI=1S/C21H25N5O2/c1-14-17(15(2)25-21(28)18(14)12-22)5-6-20(27)24-13-16-7-8-23-19(11-16)26-9-3-4-10-26/h7-8,11H,3-6,9-10,13H2,1-2H3,(H,24,27)(H,25,28). The van der Waals surface area contributed by atoms with Gasteiger partial charge in [0.15, 0.2) is 0 Å². The second kappa shape index (κ2) is 8.70. The maximum atomic E-state index is 12.3.